The molecule has 0 radical (unpaired) electrons. The van der Waals surface area contributed by atoms with Gasteiger partial charge in [-0.3, -0.25) is 0 Å². The molecule has 98 valence electrons. The van der Waals surface area contributed by atoms with Crippen molar-refractivity contribution in [2.75, 3.05) is 18.0 Å². The molecule has 0 aliphatic carbocycles. The number of aromatic carboxylic acids is 1. The third-order valence-corrected chi connectivity index (χ3v) is 4.13. The highest BCUT2D eigenvalue weighted by molar-refractivity contribution is 8.00. The van der Waals surface area contributed by atoms with E-state index in [9.17, 15) is 4.79 Å². The molecule has 1 aromatic heterocycles. The Hall–Kier alpha value is -1.30. The van der Waals surface area contributed by atoms with E-state index in [1.807, 2.05) is 11.8 Å². The fraction of sp³-hybridized carbons (Fsp3) is 0.583. The van der Waals surface area contributed by atoms with Crippen molar-refractivity contribution in [2.24, 2.45) is 0 Å². The summed E-state index contributed by atoms with van der Waals surface area (Å²) in [6.07, 6.45) is 1.40. The van der Waals surface area contributed by atoms with Gasteiger partial charge in [0.1, 0.15) is 0 Å². The summed E-state index contributed by atoms with van der Waals surface area (Å²) >= 11 is 1.96. The van der Waals surface area contributed by atoms with Gasteiger partial charge in [-0.15, -0.1) is 0 Å². The van der Waals surface area contributed by atoms with E-state index >= 15 is 0 Å². The van der Waals surface area contributed by atoms with E-state index in [1.165, 1.54) is 6.20 Å². The Morgan fingerprint density at radius 3 is 2.56 bits per heavy atom. The molecule has 0 bridgehead atoms. The Kier molecular flexibility index (Phi) is 3.75. The van der Waals surface area contributed by atoms with Crippen LogP contribution in [0.5, 0.6) is 0 Å². The van der Waals surface area contributed by atoms with Crippen molar-refractivity contribution >= 4 is 23.7 Å². The number of hydrogen-bond acceptors (Lipinski definition) is 5. The largest absolute Gasteiger partial charge is 0.478 e. The van der Waals surface area contributed by atoms with Crippen molar-refractivity contribution in [1.82, 2.24) is 9.97 Å². The minimum atomic E-state index is -0.977. The fourth-order valence-corrected chi connectivity index (χ4v) is 3.48. The summed E-state index contributed by atoms with van der Waals surface area (Å²) in [6.45, 7) is 7.89. The molecule has 1 N–H and O–H groups in total. The molecule has 0 spiro atoms. The Balaban J connectivity index is 2.23. The van der Waals surface area contributed by atoms with Gasteiger partial charge in [-0.25, -0.2) is 14.8 Å². The summed E-state index contributed by atoms with van der Waals surface area (Å²) in [5, 5.41) is 10.0. The predicted octanol–water partition coefficient (Wildman–Crippen LogP) is 1.81. The first kappa shape index (κ1) is 13.1. The van der Waals surface area contributed by atoms with Crippen LogP contribution in [-0.2, 0) is 0 Å². The minimum Gasteiger partial charge on any atom is -0.478 e. The third-order valence-electron chi connectivity index (χ3n) is 2.90. The van der Waals surface area contributed by atoms with Crippen LogP contribution in [0.25, 0.3) is 0 Å². The number of aromatic nitrogens is 2. The predicted molar refractivity (Wildman–Crippen MR) is 72.5 cm³/mol. The Morgan fingerprint density at radius 1 is 1.44 bits per heavy atom. The third kappa shape index (κ3) is 2.75. The SMILES string of the molecule is Cc1nc(N2CC(C)SC(C)C2)ncc1C(=O)O. The zero-order chi connectivity index (χ0) is 13.3. The number of carbonyl (C=O) groups is 1. The van der Waals surface area contributed by atoms with Gasteiger partial charge in [0.15, 0.2) is 0 Å². The number of aryl methyl sites for hydroxylation is 1. The van der Waals surface area contributed by atoms with E-state index < -0.39 is 5.97 Å². The van der Waals surface area contributed by atoms with Crippen LogP contribution in [0.4, 0.5) is 5.95 Å². The molecular weight excluding hydrogens is 250 g/mol. The molecule has 6 heteroatoms. The van der Waals surface area contributed by atoms with Crippen molar-refractivity contribution in [3.8, 4) is 0 Å². The number of carboxylic acid groups (broad SMARTS) is 1. The van der Waals surface area contributed by atoms with E-state index in [0.717, 1.165) is 13.1 Å². The van der Waals surface area contributed by atoms with Crippen LogP contribution in [0.3, 0.4) is 0 Å². The number of thioether (sulfide) groups is 1. The maximum absolute atomic E-state index is 10.9. The van der Waals surface area contributed by atoms with Gasteiger partial charge < -0.3 is 10.0 Å². The lowest BCUT2D eigenvalue weighted by atomic mass is 10.2. The summed E-state index contributed by atoms with van der Waals surface area (Å²) in [6, 6.07) is 0. The summed E-state index contributed by atoms with van der Waals surface area (Å²) in [7, 11) is 0. The van der Waals surface area contributed by atoms with Crippen LogP contribution < -0.4 is 4.90 Å². The van der Waals surface area contributed by atoms with Crippen LogP contribution in [0, 0.1) is 6.92 Å². The molecule has 2 unspecified atom stereocenters. The van der Waals surface area contributed by atoms with Crippen LogP contribution in [-0.4, -0.2) is 44.6 Å². The van der Waals surface area contributed by atoms with E-state index in [-0.39, 0.29) is 5.56 Å². The quantitative estimate of drug-likeness (QED) is 0.881. The molecule has 1 saturated heterocycles. The average molecular weight is 267 g/mol. The van der Waals surface area contributed by atoms with Crippen molar-refractivity contribution in [3.63, 3.8) is 0 Å². The van der Waals surface area contributed by atoms with Gasteiger partial charge in [0.2, 0.25) is 5.95 Å². The first-order valence-electron chi connectivity index (χ1n) is 5.94. The molecular formula is C12H17N3O2S. The molecule has 1 aromatic rings. The number of rotatable bonds is 2. The van der Waals surface area contributed by atoms with E-state index in [1.54, 1.807) is 6.92 Å². The minimum absolute atomic E-state index is 0.172. The van der Waals surface area contributed by atoms with Gasteiger partial charge >= 0.3 is 5.97 Å². The van der Waals surface area contributed by atoms with Crippen molar-refractivity contribution in [3.05, 3.63) is 17.5 Å². The standard InChI is InChI=1S/C12H17N3O2S/c1-7-5-15(6-8(2)18-7)12-13-4-10(11(16)17)9(3)14-12/h4,7-8H,5-6H2,1-3H3,(H,16,17). The maximum Gasteiger partial charge on any atom is 0.339 e. The number of carboxylic acids is 1. The van der Waals surface area contributed by atoms with Crippen molar-refractivity contribution < 1.29 is 9.90 Å². The molecule has 1 fully saturated rings. The lowest BCUT2D eigenvalue weighted by molar-refractivity contribution is 0.0695. The van der Waals surface area contributed by atoms with Gasteiger partial charge in [0.05, 0.1) is 11.3 Å². The second-order valence-electron chi connectivity index (χ2n) is 4.64. The van der Waals surface area contributed by atoms with Crippen molar-refractivity contribution in [1.29, 1.82) is 0 Å². The lowest BCUT2D eigenvalue weighted by Crippen LogP contribution is -2.41. The van der Waals surface area contributed by atoms with E-state index in [4.69, 9.17) is 5.11 Å². The fourth-order valence-electron chi connectivity index (χ4n) is 2.16. The maximum atomic E-state index is 10.9. The Bertz CT molecular complexity index is 457. The van der Waals surface area contributed by atoms with E-state index in [2.05, 4.69) is 28.7 Å². The smallest absolute Gasteiger partial charge is 0.339 e. The van der Waals surface area contributed by atoms with Gasteiger partial charge in [0.25, 0.3) is 0 Å². The summed E-state index contributed by atoms with van der Waals surface area (Å²) in [4.78, 5) is 21.5. The number of nitrogens with zero attached hydrogens (tertiary/aromatic N) is 3. The molecule has 2 rings (SSSR count). The summed E-state index contributed by atoms with van der Waals surface area (Å²) in [5.41, 5.74) is 0.692. The first-order valence-corrected chi connectivity index (χ1v) is 6.89. The molecule has 1 aliphatic rings. The summed E-state index contributed by atoms with van der Waals surface area (Å²) in [5.74, 6) is -0.341. The normalized spacial score (nSPS) is 24.1. The highest BCUT2D eigenvalue weighted by Crippen LogP contribution is 2.27. The number of hydrogen-bond donors (Lipinski definition) is 1. The lowest BCUT2D eigenvalue weighted by Gasteiger charge is -2.34. The van der Waals surface area contributed by atoms with Gasteiger partial charge in [-0.05, 0) is 6.92 Å². The molecule has 5 nitrogen and oxygen atoms in total. The number of anilines is 1. The highest BCUT2D eigenvalue weighted by atomic mass is 32.2. The van der Waals surface area contributed by atoms with E-state index in [0.29, 0.717) is 22.1 Å². The van der Waals surface area contributed by atoms with Crippen LogP contribution in [0.1, 0.15) is 29.9 Å². The Labute approximate surface area is 111 Å². The van der Waals surface area contributed by atoms with Gasteiger partial charge in [-0.1, -0.05) is 13.8 Å². The van der Waals surface area contributed by atoms with Crippen LogP contribution >= 0.6 is 11.8 Å². The molecule has 0 aromatic carbocycles. The summed E-state index contributed by atoms with van der Waals surface area (Å²) < 4.78 is 0. The molecule has 1 aliphatic heterocycles. The molecule has 2 heterocycles. The second kappa shape index (κ2) is 5.14. The molecule has 0 saturated carbocycles. The van der Waals surface area contributed by atoms with Crippen molar-refractivity contribution in [2.45, 2.75) is 31.3 Å². The van der Waals surface area contributed by atoms with Crippen LogP contribution in [0.2, 0.25) is 0 Å². The van der Waals surface area contributed by atoms with Gasteiger partial charge in [0, 0.05) is 29.8 Å². The zero-order valence-corrected chi connectivity index (χ0v) is 11.6. The molecule has 0 amide bonds. The molecule has 2 atom stereocenters. The van der Waals surface area contributed by atoms with Crippen LogP contribution in [0.15, 0.2) is 6.20 Å². The average Bonchev–Trinajstić information content (AvgIpc) is 2.26. The van der Waals surface area contributed by atoms with Gasteiger partial charge in [-0.2, -0.15) is 11.8 Å². The molecule has 18 heavy (non-hydrogen) atoms. The monoisotopic (exact) mass is 267 g/mol. The first-order chi connectivity index (χ1) is 8.47. The topological polar surface area (TPSA) is 66.3 Å². The second-order valence-corrected chi connectivity index (χ2v) is 6.52. The Morgan fingerprint density at radius 2 is 2.06 bits per heavy atom. The zero-order valence-electron chi connectivity index (χ0n) is 10.8. The highest BCUT2D eigenvalue weighted by Gasteiger charge is 2.24.